The molecule has 2 aromatic rings. The highest BCUT2D eigenvalue weighted by Crippen LogP contribution is 2.07. The summed E-state index contributed by atoms with van der Waals surface area (Å²) >= 11 is 0. The van der Waals surface area contributed by atoms with Crippen LogP contribution in [0.15, 0.2) is 41.1 Å². The van der Waals surface area contributed by atoms with Gasteiger partial charge in [0.15, 0.2) is 0 Å². The zero-order valence-electron chi connectivity index (χ0n) is 10.1. The third-order valence-electron chi connectivity index (χ3n) is 2.38. The molecule has 0 bridgehead atoms. The zero-order valence-corrected chi connectivity index (χ0v) is 10.1. The summed E-state index contributed by atoms with van der Waals surface area (Å²) in [5.41, 5.74) is 1.27. The van der Waals surface area contributed by atoms with Crippen molar-refractivity contribution in [2.24, 2.45) is 0 Å². The fraction of sp³-hybridized carbons (Fsp3) is 0.231. The average molecular weight is 245 g/mol. The molecule has 2 aromatic heterocycles. The molecule has 0 unspecified atom stereocenters. The van der Waals surface area contributed by atoms with Crippen molar-refractivity contribution in [1.29, 1.82) is 0 Å². The van der Waals surface area contributed by atoms with Gasteiger partial charge in [-0.2, -0.15) is 0 Å². The second-order valence-corrected chi connectivity index (χ2v) is 3.72. The highest BCUT2D eigenvalue weighted by atomic mass is 16.3. The number of anilines is 1. The van der Waals surface area contributed by atoms with Crippen LogP contribution in [-0.4, -0.2) is 17.4 Å². The minimum absolute atomic E-state index is 0.217. The summed E-state index contributed by atoms with van der Waals surface area (Å²) in [6.07, 6.45) is 3.19. The normalized spacial score (nSPS) is 10.1. The van der Waals surface area contributed by atoms with E-state index in [1.165, 1.54) is 0 Å². The Balaban J connectivity index is 1.97. The van der Waals surface area contributed by atoms with Crippen LogP contribution in [0.5, 0.6) is 0 Å². The molecule has 0 saturated carbocycles. The van der Waals surface area contributed by atoms with Crippen LogP contribution in [0.2, 0.25) is 0 Å². The second kappa shape index (κ2) is 5.86. The van der Waals surface area contributed by atoms with Gasteiger partial charge in [0.25, 0.3) is 5.91 Å². The average Bonchev–Trinajstić information content (AvgIpc) is 2.90. The van der Waals surface area contributed by atoms with Crippen LogP contribution in [0.4, 0.5) is 5.69 Å². The van der Waals surface area contributed by atoms with Crippen LogP contribution in [0.25, 0.3) is 0 Å². The summed E-state index contributed by atoms with van der Waals surface area (Å²) in [5.74, 6) is 0.498. The Morgan fingerprint density at radius 2 is 2.33 bits per heavy atom. The number of pyridine rings is 1. The van der Waals surface area contributed by atoms with Crippen LogP contribution in [0, 0.1) is 0 Å². The molecule has 18 heavy (non-hydrogen) atoms. The summed E-state index contributed by atoms with van der Waals surface area (Å²) < 4.78 is 5.13. The molecule has 0 spiro atoms. The topological polar surface area (TPSA) is 67.2 Å². The molecule has 2 N–H and O–H groups in total. The maximum absolute atomic E-state index is 11.9. The quantitative estimate of drug-likeness (QED) is 0.845. The number of hydrogen-bond acceptors (Lipinski definition) is 4. The van der Waals surface area contributed by atoms with Crippen LogP contribution >= 0.6 is 0 Å². The highest BCUT2D eigenvalue weighted by Gasteiger charge is 2.08. The second-order valence-electron chi connectivity index (χ2n) is 3.72. The van der Waals surface area contributed by atoms with Gasteiger partial charge in [0.2, 0.25) is 0 Å². The third kappa shape index (κ3) is 3.10. The Hall–Kier alpha value is -2.30. The summed E-state index contributed by atoms with van der Waals surface area (Å²) in [6, 6.07) is 7.14. The number of furan rings is 1. The van der Waals surface area contributed by atoms with Gasteiger partial charge in [0, 0.05) is 18.4 Å². The van der Waals surface area contributed by atoms with E-state index < -0.39 is 0 Å². The Bertz CT molecular complexity index is 509. The molecular weight excluding hydrogens is 230 g/mol. The molecule has 0 fully saturated rings. The van der Waals surface area contributed by atoms with Gasteiger partial charge >= 0.3 is 0 Å². The first-order valence-corrected chi connectivity index (χ1v) is 5.80. The monoisotopic (exact) mass is 245 g/mol. The lowest BCUT2D eigenvalue weighted by Gasteiger charge is -2.06. The lowest BCUT2D eigenvalue weighted by Crippen LogP contribution is -2.23. The predicted molar refractivity (Wildman–Crippen MR) is 68.3 cm³/mol. The van der Waals surface area contributed by atoms with Gasteiger partial charge < -0.3 is 15.1 Å². The molecule has 2 rings (SSSR count). The zero-order chi connectivity index (χ0) is 12.8. The molecule has 5 nitrogen and oxygen atoms in total. The number of nitrogens with one attached hydrogen (secondary N) is 2. The molecule has 1 amide bonds. The molecule has 0 aliphatic rings. The first-order chi connectivity index (χ1) is 8.79. The number of carbonyl (C=O) groups is 1. The number of aromatic nitrogens is 1. The van der Waals surface area contributed by atoms with E-state index in [4.69, 9.17) is 4.42 Å². The molecular formula is C13H15N3O2. The SMILES string of the molecule is CCNc1ccnc(C(=O)NCc2ccco2)c1. The van der Waals surface area contributed by atoms with Gasteiger partial charge in [-0.1, -0.05) is 0 Å². The van der Waals surface area contributed by atoms with E-state index in [2.05, 4.69) is 15.6 Å². The molecule has 5 heteroatoms. The number of amides is 1. The van der Waals surface area contributed by atoms with Crippen LogP contribution in [-0.2, 0) is 6.54 Å². The molecule has 94 valence electrons. The number of hydrogen-bond donors (Lipinski definition) is 2. The van der Waals surface area contributed by atoms with Crippen molar-refractivity contribution in [3.05, 3.63) is 48.2 Å². The van der Waals surface area contributed by atoms with Crippen LogP contribution in [0.3, 0.4) is 0 Å². The molecule has 0 aromatic carbocycles. The van der Waals surface area contributed by atoms with Gasteiger partial charge in [-0.05, 0) is 31.2 Å². The van der Waals surface area contributed by atoms with Crippen molar-refractivity contribution in [3.8, 4) is 0 Å². The van der Waals surface area contributed by atoms with E-state index >= 15 is 0 Å². The number of nitrogens with zero attached hydrogens (tertiary/aromatic N) is 1. The van der Waals surface area contributed by atoms with E-state index in [1.807, 2.05) is 19.1 Å². The third-order valence-corrected chi connectivity index (χ3v) is 2.38. The molecule has 2 heterocycles. The summed E-state index contributed by atoms with van der Waals surface area (Å²) in [6.45, 7) is 3.16. The van der Waals surface area contributed by atoms with Gasteiger partial charge in [0.1, 0.15) is 11.5 Å². The Morgan fingerprint density at radius 3 is 3.06 bits per heavy atom. The maximum atomic E-state index is 11.9. The molecule has 0 aliphatic carbocycles. The minimum atomic E-state index is -0.217. The van der Waals surface area contributed by atoms with Crippen LogP contribution < -0.4 is 10.6 Å². The lowest BCUT2D eigenvalue weighted by molar-refractivity contribution is 0.0943. The summed E-state index contributed by atoms with van der Waals surface area (Å²) in [7, 11) is 0. The van der Waals surface area contributed by atoms with E-state index in [0.29, 0.717) is 18.0 Å². The Kier molecular flexibility index (Phi) is 3.96. The minimum Gasteiger partial charge on any atom is -0.467 e. The van der Waals surface area contributed by atoms with Gasteiger partial charge in [-0.3, -0.25) is 9.78 Å². The Labute approximate surface area is 105 Å². The van der Waals surface area contributed by atoms with Crippen molar-refractivity contribution in [2.45, 2.75) is 13.5 Å². The van der Waals surface area contributed by atoms with Crippen molar-refractivity contribution >= 4 is 11.6 Å². The van der Waals surface area contributed by atoms with Gasteiger partial charge in [0.05, 0.1) is 12.8 Å². The van der Waals surface area contributed by atoms with E-state index in [-0.39, 0.29) is 5.91 Å². The van der Waals surface area contributed by atoms with Crippen molar-refractivity contribution in [3.63, 3.8) is 0 Å². The van der Waals surface area contributed by atoms with E-state index in [1.54, 1.807) is 24.6 Å². The lowest BCUT2D eigenvalue weighted by atomic mass is 10.3. The van der Waals surface area contributed by atoms with Crippen LogP contribution in [0.1, 0.15) is 23.2 Å². The maximum Gasteiger partial charge on any atom is 0.270 e. The largest absolute Gasteiger partial charge is 0.467 e. The first-order valence-electron chi connectivity index (χ1n) is 5.80. The number of carbonyl (C=O) groups excluding carboxylic acids is 1. The van der Waals surface area contributed by atoms with Gasteiger partial charge in [-0.25, -0.2) is 0 Å². The highest BCUT2D eigenvalue weighted by molar-refractivity contribution is 5.92. The van der Waals surface area contributed by atoms with Crippen molar-refractivity contribution in [2.75, 3.05) is 11.9 Å². The fourth-order valence-corrected chi connectivity index (χ4v) is 1.54. The fourth-order valence-electron chi connectivity index (χ4n) is 1.54. The summed E-state index contributed by atoms with van der Waals surface area (Å²) in [5, 5.41) is 5.88. The first kappa shape index (κ1) is 12.2. The Morgan fingerprint density at radius 1 is 1.44 bits per heavy atom. The standard InChI is InChI=1S/C13H15N3O2/c1-2-14-10-5-6-15-12(8-10)13(17)16-9-11-4-3-7-18-11/h3-8H,2,9H2,1H3,(H,14,15)(H,16,17). The molecule has 0 radical (unpaired) electrons. The number of rotatable bonds is 5. The predicted octanol–water partition coefficient (Wildman–Crippen LogP) is 2.04. The summed E-state index contributed by atoms with van der Waals surface area (Å²) in [4.78, 5) is 15.9. The van der Waals surface area contributed by atoms with Gasteiger partial charge in [-0.15, -0.1) is 0 Å². The van der Waals surface area contributed by atoms with Crippen molar-refractivity contribution < 1.29 is 9.21 Å². The molecule has 0 aliphatic heterocycles. The van der Waals surface area contributed by atoms with E-state index in [9.17, 15) is 4.79 Å². The van der Waals surface area contributed by atoms with Crippen molar-refractivity contribution in [1.82, 2.24) is 10.3 Å². The molecule has 0 saturated heterocycles. The smallest absolute Gasteiger partial charge is 0.270 e. The van der Waals surface area contributed by atoms with E-state index in [0.717, 1.165) is 12.2 Å². The molecule has 0 atom stereocenters.